The highest BCUT2D eigenvalue weighted by atomic mass is 16.7. The molecule has 0 radical (unpaired) electrons. The molecule has 2 fully saturated rings. The third-order valence-electron chi connectivity index (χ3n) is 14.6. The van der Waals surface area contributed by atoms with E-state index in [1.54, 1.807) is 39.8 Å². The van der Waals surface area contributed by atoms with Gasteiger partial charge in [-0.1, -0.05) is 80.7 Å². The third-order valence-corrected chi connectivity index (χ3v) is 14.6. The molecule has 3 aliphatic heterocycles. The maximum absolute atomic E-state index is 15.0. The molecule has 3 heterocycles. The average Bonchev–Trinajstić information content (AvgIpc) is 3.91. The molecule has 13 heteroatoms. The van der Waals surface area contributed by atoms with E-state index in [2.05, 4.69) is 6.92 Å². The number of hydrogen-bond acceptors (Lipinski definition) is 12. The summed E-state index contributed by atoms with van der Waals surface area (Å²) in [5.41, 5.74) is -5.76. The van der Waals surface area contributed by atoms with Crippen molar-refractivity contribution in [2.24, 2.45) is 38.4 Å². The monoisotopic (exact) mass is 861 g/mol. The number of aliphatic hydroxyl groups is 1. The Kier molecular flexibility index (Phi) is 16.1. The molecule has 0 bridgehead atoms. The number of rotatable bonds is 23. The number of fused-ring (bicyclic) bond motifs is 2. The first kappa shape index (κ1) is 50.2. The zero-order valence-corrected chi connectivity index (χ0v) is 39.3. The molecule has 0 spiro atoms. The zero-order chi connectivity index (χ0) is 45.8. The van der Waals surface area contributed by atoms with Gasteiger partial charge in [0.05, 0.1) is 41.5 Å². The van der Waals surface area contributed by atoms with Crippen molar-refractivity contribution in [1.29, 1.82) is 0 Å². The van der Waals surface area contributed by atoms with Gasteiger partial charge in [0.1, 0.15) is 24.9 Å². The molecule has 4 rings (SSSR count). The first-order chi connectivity index (χ1) is 28.2. The number of ether oxygens (including phenoxy) is 7. The number of carboxylic acid groups (broad SMARTS) is 1. The maximum Gasteiger partial charge on any atom is 0.312 e. The molecule has 13 nitrogen and oxygen atoms in total. The van der Waals surface area contributed by atoms with Crippen molar-refractivity contribution in [3.8, 4) is 11.5 Å². The Morgan fingerprint density at radius 1 is 0.803 bits per heavy atom. The highest BCUT2D eigenvalue weighted by molar-refractivity contribution is 5.80. The van der Waals surface area contributed by atoms with Crippen LogP contribution in [-0.4, -0.2) is 84.6 Å². The lowest BCUT2D eigenvalue weighted by molar-refractivity contribution is -0.185. The van der Waals surface area contributed by atoms with Crippen LogP contribution in [0.15, 0.2) is 18.2 Å². The van der Waals surface area contributed by atoms with Crippen molar-refractivity contribution in [2.75, 3.05) is 20.0 Å². The number of aliphatic hydroxyl groups excluding tert-OH is 1. The number of benzene rings is 1. The van der Waals surface area contributed by atoms with Gasteiger partial charge in [-0.05, 0) is 107 Å². The molecule has 346 valence electrons. The molecule has 1 aromatic rings. The smallest absolute Gasteiger partial charge is 0.312 e. The summed E-state index contributed by atoms with van der Waals surface area (Å²) < 4.78 is 41.0. The molecule has 2 saturated heterocycles. The summed E-state index contributed by atoms with van der Waals surface area (Å²) in [4.78, 5) is 56.5. The van der Waals surface area contributed by atoms with Crippen LogP contribution in [0.2, 0.25) is 0 Å². The van der Waals surface area contributed by atoms with Crippen LogP contribution in [0.3, 0.4) is 0 Å². The van der Waals surface area contributed by atoms with Crippen molar-refractivity contribution >= 4 is 23.9 Å². The molecule has 2 N–H and O–H groups in total. The lowest BCUT2D eigenvalue weighted by Gasteiger charge is -2.52. The van der Waals surface area contributed by atoms with Crippen LogP contribution in [0.4, 0.5) is 0 Å². The van der Waals surface area contributed by atoms with Gasteiger partial charge in [0, 0.05) is 0 Å². The van der Waals surface area contributed by atoms with Gasteiger partial charge in [-0.15, -0.1) is 0 Å². The number of hydrogen-bond donors (Lipinski definition) is 2. The fourth-order valence-electron chi connectivity index (χ4n) is 9.72. The predicted molar refractivity (Wildman–Crippen MR) is 229 cm³/mol. The van der Waals surface area contributed by atoms with Crippen molar-refractivity contribution in [2.45, 2.75) is 185 Å². The molecule has 0 amide bonds. The number of unbranched alkanes of at least 4 members (excludes halogenated alkanes) is 3. The van der Waals surface area contributed by atoms with Crippen molar-refractivity contribution in [3.63, 3.8) is 0 Å². The first-order valence-corrected chi connectivity index (χ1v) is 22.4. The second-order valence-corrected chi connectivity index (χ2v) is 21.0. The van der Waals surface area contributed by atoms with E-state index in [-0.39, 0.29) is 52.0 Å². The summed E-state index contributed by atoms with van der Waals surface area (Å²) in [5.74, 6) is -2.01. The molecule has 8 atom stereocenters. The second-order valence-electron chi connectivity index (χ2n) is 21.0. The number of aliphatic carboxylic acids is 1. The van der Waals surface area contributed by atoms with Crippen molar-refractivity contribution in [1.82, 2.24) is 0 Å². The summed E-state index contributed by atoms with van der Waals surface area (Å²) in [7, 11) is 0. The molecule has 0 aromatic heterocycles. The van der Waals surface area contributed by atoms with E-state index >= 15 is 0 Å². The van der Waals surface area contributed by atoms with Gasteiger partial charge in [-0.2, -0.15) is 0 Å². The molecule has 0 aliphatic carbocycles. The maximum atomic E-state index is 15.0. The summed E-state index contributed by atoms with van der Waals surface area (Å²) in [6.45, 7) is 24.7. The Morgan fingerprint density at radius 3 is 2.10 bits per heavy atom. The number of carboxylic acids is 1. The summed E-state index contributed by atoms with van der Waals surface area (Å²) in [5, 5.41) is 21.0. The molecule has 0 saturated carbocycles. The molecular weight excluding hydrogens is 785 g/mol. The fraction of sp³-hybridized carbons (Fsp3) is 0.792. The Morgan fingerprint density at radius 2 is 1.46 bits per heavy atom. The van der Waals surface area contributed by atoms with Crippen LogP contribution in [0.5, 0.6) is 11.5 Å². The normalized spacial score (nSPS) is 23.3. The van der Waals surface area contributed by atoms with Crippen LogP contribution in [0.1, 0.15) is 153 Å². The quantitative estimate of drug-likeness (QED) is 0.0608. The Bertz CT molecular complexity index is 1700. The Balaban J connectivity index is 1.69. The lowest BCUT2D eigenvalue weighted by Crippen LogP contribution is -2.54. The Hall–Kier alpha value is -3.42. The molecule has 4 unspecified atom stereocenters. The van der Waals surface area contributed by atoms with Gasteiger partial charge in [-0.3, -0.25) is 19.2 Å². The summed E-state index contributed by atoms with van der Waals surface area (Å²) in [6, 6.07) is 5.39. The second kappa shape index (κ2) is 19.5. The van der Waals surface area contributed by atoms with E-state index in [1.165, 1.54) is 0 Å². The minimum absolute atomic E-state index is 0.0221. The van der Waals surface area contributed by atoms with Crippen molar-refractivity contribution < 1.29 is 62.5 Å². The van der Waals surface area contributed by atoms with Gasteiger partial charge in [0.15, 0.2) is 17.6 Å². The van der Waals surface area contributed by atoms with Gasteiger partial charge < -0.3 is 43.4 Å². The van der Waals surface area contributed by atoms with E-state index in [1.807, 2.05) is 61.5 Å². The number of carbonyl (C=O) groups is 4. The highest BCUT2D eigenvalue weighted by Gasteiger charge is 2.60. The van der Waals surface area contributed by atoms with Gasteiger partial charge in [-0.25, -0.2) is 0 Å². The zero-order valence-electron chi connectivity index (χ0n) is 39.3. The largest absolute Gasteiger partial charge is 0.481 e. The topological polar surface area (TPSA) is 173 Å². The van der Waals surface area contributed by atoms with Crippen LogP contribution in [-0.2, 0) is 49.5 Å². The number of esters is 3. The standard InChI is InChI=1S/C48H76O13/c1-14-16-17-18-19-30(3)60-39(50)32(43(4,5)27-44(6,7)41(53)57-24-31-20-21-34-35(22-31)59-29-58-34)23-45(8,9)48(13,28-46(10,11)47(12,15-2)40(51)52)42(54)61-36-26-56-37-33(49)25-55-38(36)37/h20-22,30,32-33,36-38,49H,14-19,23-29H2,1-13H3,(H,51,52)/t30?,32?,33-,36+,37+,38+,47?,48?/m0/s1. The van der Waals surface area contributed by atoms with Crippen LogP contribution < -0.4 is 9.47 Å². The molecule has 3 aliphatic rings. The Labute approximate surface area is 364 Å². The van der Waals surface area contributed by atoms with E-state index < -0.39 is 86.7 Å². The average molecular weight is 861 g/mol. The van der Waals surface area contributed by atoms with Gasteiger partial charge in [0.2, 0.25) is 6.79 Å². The van der Waals surface area contributed by atoms with Crippen LogP contribution in [0, 0.1) is 38.4 Å². The number of carbonyl (C=O) groups excluding carboxylic acids is 3. The van der Waals surface area contributed by atoms with Crippen LogP contribution >= 0.6 is 0 Å². The molecular formula is C48H76O13. The van der Waals surface area contributed by atoms with E-state index in [0.29, 0.717) is 24.3 Å². The van der Waals surface area contributed by atoms with Gasteiger partial charge >= 0.3 is 23.9 Å². The van der Waals surface area contributed by atoms with Crippen molar-refractivity contribution in [3.05, 3.63) is 23.8 Å². The SMILES string of the molecule is CCCCCCC(C)OC(=O)C(CC(C)(C)C(C)(CC(C)(C)C(C)(CC)C(=O)O)C(=O)O[C@@H]1CO[C@H]2[C@@H]1OC[C@@H]2O)C(C)(C)CC(C)(C)C(=O)OCc1ccc2c(c1)OCO2. The molecule has 1 aromatic carbocycles. The van der Waals surface area contributed by atoms with E-state index in [9.17, 15) is 29.4 Å². The lowest BCUT2D eigenvalue weighted by atomic mass is 9.51. The minimum atomic E-state index is -1.38. The first-order valence-electron chi connectivity index (χ1n) is 22.4. The van der Waals surface area contributed by atoms with E-state index in [0.717, 1.165) is 31.2 Å². The van der Waals surface area contributed by atoms with E-state index in [4.69, 9.17) is 33.2 Å². The fourth-order valence-corrected chi connectivity index (χ4v) is 9.72. The highest BCUT2D eigenvalue weighted by Crippen LogP contribution is 2.58. The molecule has 61 heavy (non-hydrogen) atoms. The van der Waals surface area contributed by atoms with Gasteiger partial charge in [0.25, 0.3) is 0 Å². The van der Waals surface area contributed by atoms with Crippen LogP contribution in [0.25, 0.3) is 0 Å². The minimum Gasteiger partial charge on any atom is -0.481 e. The summed E-state index contributed by atoms with van der Waals surface area (Å²) in [6.07, 6.45) is 2.34. The predicted octanol–water partition coefficient (Wildman–Crippen LogP) is 8.83. The third kappa shape index (κ3) is 11.2. The summed E-state index contributed by atoms with van der Waals surface area (Å²) >= 11 is 0.